The van der Waals surface area contributed by atoms with E-state index in [9.17, 15) is 4.79 Å². The molecule has 2 heteroatoms. The van der Waals surface area contributed by atoms with E-state index in [-0.39, 0.29) is 0 Å². The van der Waals surface area contributed by atoms with Crippen molar-refractivity contribution < 1.29 is 4.79 Å². The molecule has 0 N–H and O–H groups in total. The zero-order valence-electron chi connectivity index (χ0n) is 7.50. The number of rotatable bonds is 2. The molecule has 2 rings (SSSR count). The van der Waals surface area contributed by atoms with Gasteiger partial charge in [-0.3, -0.25) is 4.79 Å². The normalized spacial score (nSPS) is 16.5. The van der Waals surface area contributed by atoms with Crippen LogP contribution in [0.1, 0.15) is 40.6 Å². The third kappa shape index (κ3) is 0.986. The Kier molecular flexibility index (Phi) is 1.56. The molecule has 1 aromatic rings. The fourth-order valence-electron chi connectivity index (χ4n) is 1.82. The highest BCUT2D eigenvalue weighted by Gasteiger charge is 2.26. The summed E-state index contributed by atoms with van der Waals surface area (Å²) in [4.78, 5) is 10.6. The summed E-state index contributed by atoms with van der Waals surface area (Å²) in [6.07, 6.45) is 3.49. The third-order valence-corrected chi connectivity index (χ3v) is 2.56. The summed E-state index contributed by atoms with van der Waals surface area (Å²) in [6.45, 7) is 4.09. The third-order valence-electron chi connectivity index (χ3n) is 2.56. The van der Waals surface area contributed by atoms with Crippen molar-refractivity contribution in [3.05, 3.63) is 23.0 Å². The average molecular weight is 163 g/mol. The summed E-state index contributed by atoms with van der Waals surface area (Å²) in [7, 11) is 0. The van der Waals surface area contributed by atoms with Crippen LogP contribution < -0.4 is 0 Å². The number of aromatic nitrogens is 1. The van der Waals surface area contributed by atoms with Crippen molar-refractivity contribution in [3.63, 3.8) is 0 Å². The van der Waals surface area contributed by atoms with E-state index in [1.54, 1.807) is 0 Å². The molecule has 1 aromatic heterocycles. The molecule has 0 aromatic carbocycles. The fraction of sp³-hybridized carbons (Fsp3) is 0.500. The van der Waals surface area contributed by atoms with Crippen molar-refractivity contribution in [1.82, 2.24) is 4.57 Å². The molecule has 0 saturated heterocycles. The Labute approximate surface area is 72.2 Å². The van der Waals surface area contributed by atoms with Crippen LogP contribution >= 0.6 is 0 Å². The number of aryl methyl sites for hydroxylation is 1. The van der Waals surface area contributed by atoms with Gasteiger partial charge in [-0.2, -0.15) is 0 Å². The highest BCUT2D eigenvalue weighted by atomic mass is 16.1. The lowest BCUT2D eigenvalue weighted by atomic mass is 10.3. The van der Waals surface area contributed by atoms with Gasteiger partial charge in [0.2, 0.25) is 0 Å². The summed E-state index contributed by atoms with van der Waals surface area (Å²) >= 11 is 0. The molecule has 12 heavy (non-hydrogen) atoms. The summed E-state index contributed by atoms with van der Waals surface area (Å²) in [5.41, 5.74) is 3.20. The first-order valence-corrected chi connectivity index (χ1v) is 4.37. The molecule has 0 aliphatic heterocycles. The minimum Gasteiger partial charge on any atom is -0.345 e. The van der Waals surface area contributed by atoms with Gasteiger partial charge in [0, 0.05) is 23.0 Å². The summed E-state index contributed by atoms with van der Waals surface area (Å²) < 4.78 is 2.28. The van der Waals surface area contributed by atoms with Crippen molar-refractivity contribution in [2.24, 2.45) is 0 Å². The zero-order valence-corrected chi connectivity index (χ0v) is 7.50. The largest absolute Gasteiger partial charge is 0.345 e. The first kappa shape index (κ1) is 7.59. The van der Waals surface area contributed by atoms with E-state index < -0.39 is 0 Å². The maximum absolute atomic E-state index is 10.6. The lowest BCUT2D eigenvalue weighted by Crippen LogP contribution is -1.98. The standard InChI is InChI=1S/C10H13NO/c1-7-5-9(6-12)8(2)11(7)10-3-4-10/h5-6,10H,3-4H2,1-2H3. The van der Waals surface area contributed by atoms with Crippen LogP contribution in [-0.2, 0) is 0 Å². The number of nitrogens with zero attached hydrogens (tertiary/aromatic N) is 1. The van der Waals surface area contributed by atoms with E-state index in [1.165, 1.54) is 18.5 Å². The second-order valence-electron chi connectivity index (χ2n) is 3.55. The summed E-state index contributed by atoms with van der Waals surface area (Å²) in [6, 6.07) is 2.65. The summed E-state index contributed by atoms with van der Waals surface area (Å²) in [5, 5.41) is 0. The minimum atomic E-state index is 0.679. The second-order valence-corrected chi connectivity index (χ2v) is 3.55. The molecular weight excluding hydrogens is 150 g/mol. The van der Waals surface area contributed by atoms with Crippen LogP contribution in [-0.4, -0.2) is 10.9 Å². The molecule has 1 aliphatic rings. The van der Waals surface area contributed by atoms with Gasteiger partial charge < -0.3 is 4.57 Å². The number of hydrogen-bond acceptors (Lipinski definition) is 1. The lowest BCUT2D eigenvalue weighted by Gasteiger charge is -2.05. The molecule has 1 fully saturated rings. The van der Waals surface area contributed by atoms with Gasteiger partial charge in [-0.05, 0) is 32.8 Å². The van der Waals surface area contributed by atoms with E-state index >= 15 is 0 Å². The molecule has 0 radical (unpaired) electrons. The number of hydrogen-bond donors (Lipinski definition) is 0. The number of carbonyl (C=O) groups is 1. The maximum atomic E-state index is 10.6. The van der Waals surface area contributed by atoms with Gasteiger partial charge in [0.15, 0.2) is 6.29 Å². The molecule has 0 atom stereocenters. The smallest absolute Gasteiger partial charge is 0.151 e. The van der Waals surface area contributed by atoms with Crippen LogP contribution in [0.5, 0.6) is 0 Å². The SMILES string of the molecule is Cc1cc(C=O)c(C)n1C1CC1. The highest BCUT2D eigenvalue weighted by molar-refractivity contribution is 5.77. The molecule has 2 nitrogen and oxygen atoms in total. The average Bonchev–Trinajstić information content (AvgIpc) is 2.80. The van der Waals surface area contributed by atoms with E-state index in [1.807, 2.05) is 13.0 Å². The Morgan fingerprint density at radius 2 is 2.17 bits per heavy atom. The van der Waals surface area contributed by atoms with Gasteiger partial charge in [-0.15, -0.1) is 0 Å². The minimum absolute atomic E-state index is 0.679. The van der Waals surface area contributed by atoms with Crippen LogP contribution in [0.15, 0.2) is 6.07 Å². The molecule has 0 unspecified atom stereocenters. The maximum Gasteiger partial charge on any atom is 0.151 e. The van der Waals surface area contributed by atoms with Gasteiger partial charge in [-0.1, -0.05) is 0 Å². The monoisotopic (exact) mass is 163 g/mol. The van der Waals surface area contributed by atoms with E-state index in [0.717, 1.165) is 17.5 Å². The molecule has 1 aliphatic carbocycles. The predicted molar refractivity (Wildman–Crippen MR) is 47.6 cm³/mol. The van der Waals surface area contributed by atoms with Gasteiger partial charge in [0.05, 0.1) is 0 Å². The Morgan fingerprint density at radius 1 is 1.50 bits per heavy atom. The topological polar surface area (TPSA) is 22.0 Å². The van der Waals surface area contributed by atoms with Crippen molar-refractivity contribution in [2.45, 2.75) is 32.7 Å². The van der Waals surface area contributed by atoms with E-state index in [0.29, 0.717) is 6.04 Å². The highest BCUT2D eigenvalue weighted by Crippen LogP contribution is 2.37. The molecule has 0 spiro atoms. The lowest BCUT2D eigenvalue weighted by molar-refractivity contribution is 0.112. The van der Waals surface area contributed by atoms with Crippen LogP contribution in [0.3, 0.4) is 0 Å². The molecule has 1 heterocycles. The van der Waals surface area contributed by atoms with Gasteiger partial charge in [-0.25, -0.2) is 0 Å². The first-order valence-electron chi connectivity index (χ1n) is 4.37. The number of carbonyl (C=O) groups excluding carboxylic acids is 1. The van der Waals surface area contributed by atoms with Crippen LogP contribution in [0.4, 0.5) is 0 Å². The molecule has 64 valence electrons. The van der Waals surface area contributed by atoms with E-state index in [4.69, 9.17) is 0 Å². The molecule has 1 saturated carbocycles. The van der Waals surface area contributed by atoms with Crippen LogP contribution in [0.25, 0.3) is 0 Å². The van der Waals surface area contributed by atoms with Crippen molar-refractivity contribution >= 4 is 6.29 Å². The van der Waals surface area contributed by atoms with Crippen molar-refractivity contribution in [3.8, 4) is 0 Å². The van der Waals surface area contributed by atoms with Crippen molar-refractivity contribution in [1.29, 1.82) is 0 Å². The second kappa shape index (κ2) is 2.47. The molecule has 0 amide bonds. The predicted octanol–water partition coefficient (Wildman–Crippen LogP) is 2.25. The van der Waals surface area contributed by atoms with Crippen LogP contribution in [0.2, 0.25) is 0 Å². The summed E-state index contributed by atoms with van der Waals surface area (Å²) in [5.74, 6) is 0. The van der Waals surface area contributed by atoms with Gasteiger partial charge in [0.25, 0.3) is 0 Å². The van der Waals surface area contributed by atoms with E-state index in [2.05, 4.69) is 11.5 Å². The Morgan fingerprint density at radius 3 is 2.58 bits per heavy atom. The van der Waals surface area contributed by atoms with Crippen molar-refractivity contribution in [2.75, 3.05) is 0 Å². The Bertz CT molecular complexity index is 321. The fourth-order valence-corrected chi connectivity index (χ4v) is 1.82. The molecule has 0 bridgehead atoms. The molecular formula is C10H13NO. The Hall–Kier alpha value is -1.05. The van der Waals surface area contributed by atoms with Crippen LogP contribution in [0, 0.1) is 13.8 Å². The number of aldehydes is 1. The van der Waals surface area contributed by atoms with Gasteiger partial charge >= 0.3 is 0 Å². The Balaban J connectivity index is 2.50. The quantitative estimate of drug-likeness (QED) is 0.613. The van der Waals surface area contributed by atoms with Gasteiger partial charge in [0.1, 0.15) is 0 Å². The zero-order chi connectivity index (χ0) is 8.72. The first-order chi connectivity index (χ1) is 5.74.